The highest BCUT2D eigenvalue weighted by atomic mass is 15.1. The van der Waals surface area contributed by atoms with Crippen molar-refractivity contribution >= 4 is 58.4 Å². The van der Waals surface area contributed by atoms with Crippen molar-refractivity contribution in [2.45, 2.75) is 53.4 Å². The number of rotatable bonds is 14. The highest BCUT2D eigenvalue weighted by Gasteiger charge is 2.15. The van der Waals surface area contributed by atoms with E-state index in [1.54, 1.807) is 0 Å². The van der Waals surface area contributed by atoms with Gasteiger partial charge in [0.2, 0.25) is 0 Å². The van der Waals surface area contributed by atoms with Gasteiger partial charge >= 0.3 is 0 Å². The molecule has 0 fully saturated rings. The lowest BCUT2D eigenvalue weighted by Crippen LogP contribution is -2.10. The normalized spacial score (nSPS) is 11.4. The highest BCUT2D eigenvalue weighted by Crippen LogP contribution is 2.37. The van der Waals surface area contributed by atoms with Crippen molar-refractivity contribution < 1.29 is 0 Å². The smallest absolute Gasteiger partial charge is 0.0464 e. The molecule has 0 spiro atoms. The molecule has 7 rings (SSSR count). The van der Waals surface area contributed by atoms with Crippen LogP contribution in [0.2, 0.25) is 0 Å². The first kappa shape index (κ1) is 37.9. The minimum Gasteiger partial charge on any atom is -0.310 e. The van der Waals surface area contributed by atoms with Crippen LogP contribution in [-0.4, -0.2) is 0 Å². The lowest BCUT2D eigenvalue weighted by molar-refractivity contribution is 1.03. The molecule has 2 heteroatoms. The molecule has 0 atom stereocenters. The van der Waals surface area contributed by atoms with Gasteiger partial charge in [0.05, 0.1) is 0 Å². The Balaban J connectivity index is 1.03. The number of para-hydroxylation sites is 2. The number of hydrogen-bond acceptors (Lipinski definition) is 2. The summed E-state index contributed by atoms with van der Waals surface area (Å²) in [5, 5.41) is 0. The van der Waals surface area contributed by atoms with Crippen molar-refractivity contribution in [2.75, 3.05) is 9.80 Å². The molecule has 56 heavy (non-hydrogen) atoms. The molecule has 0 aromatic heterocycles. The Hall–Kier alpha value is -6.38. The third-order valence-electron chi connectivity index (χ3n) is 10.6. The fourth-order valence-electron chi connectivity index (χ4n) is 7.47. The maximum Gasteiger partial charge on any atom is 0.0464 e. The van der Waals surface area contributed by atoms with E-state index in [0.29, 0.717) is 0 Å². The van der Waals surface area contributed by atoms with Crippen LogP contribution in [0.4, 0.5) is 34.1 Å². The van der Waals surface area contributed by atoms with Crippen LogP contribution in [0.3, 0.4) is 0 Å². The minimum atomic E-state index is 1.03. The Labute approximate surface area is 334 Å². The van der Waals surface area contributed by atoms with E-state index in [1.165, 1.54) is 55.9 Å². The molecule has 0 N–H and O–H groups in total. The Morgan fingerprint density at radius 3 is 0.857 bits per heavy atom. The molecule has 0 aliphatic carbocycles. The maximum atomic E-state index is 2.35. The van der Waals surface area contributed by atoms with Crippen LogP contribution in [0.25, 0.3) is 24.3 Å². The first-order valence-corrected chi connectivity index (χ1v) is 20.2. The fourth-order valence-corrected chi connectivity index (χ4v) is 7.47. The monoisotopic (exact) mass is 728 g/mol. The van der Waals surface area contributed by atoms with Crippen LogP contribution in [0, 0.1) is 0 Å². The van der Waals surface area contributed by atoms with Gasteiger partial charge in [0.1, 0.15) is 0 Å². The van der Waals surface area contributed by atoms with Crippen molar-refractivity contribution in [3.63, 3.8) is 0 Å². The number of benzene rings is 7. The zero-order valence-electron chi connectivity index (χ0n) is 33.2. The van der Waals surface area contributed by atoms with Gasteiger partial charge in [-0.05, 0) is 143 Å². The molecule has 0 bridgehead atoms. The molecule has 0 aliphatic rings. The van der Waals surface area contributed by atoms with Crippen molar-refractivity contribution in [1.29, 1.82) is 0 Å². The van der Waals surface area contributed by atoms with Gasteiger partial charge in [0.25, 0.3) is 0 Å². The molecule has 7 aromatic rings. The summed E-state index contributed by atoms with van der Waals surface area (Å²) in [6.07, 6.45) is 12.9. The average Bonchev–Trinajstić information content (AvgIpc) is 3.27. The van der Waals surface area contributed by atoms with Crippen molar-refractivity contribution in [3.8, 4) is 0 Å². The summed E-state index contributed by atoms with van der Waals surface area (Å²) in [6.45, 7) is 8.95. The topological polar surface area (TPSA) is 6.48 Å². The molecule has 0 aliphatic heterocycles. The molecular weight excluding hydrogens is 677 g/mol. The van der Waals surface area contributed by atoms with E-state index in [9.17, 15) is 0 Å². The van der Waals surface area contributed by atoms with Crippen molar-refractivity contribution in [3.05, 3.63) is 214 Å². The lowest BCUT2D eigenvalue weighted by atomic mass is 10.0. The Morgan fingerprint density at radius 1 is 0.286 bits per heavy atom. The Bertz CT molecular complexity index is 2200. The van der Waals surface area contributed by atoms with Gasteiger partial charge in [-0.3, -0.25) is 0 Å². The van der Waals surface area contributed by atoms with E-state index in [2.05, 4.69) is 232 Å². The third kappa shape index (κ3) is 8.94. The second-order valence-electron chi connectivity index (χ2n) is 14.2. The number of hydrogen-bond donors (Lipinski definition) is 0. The second-order valence-corrected chi connectivity index (χ2v) is 14.2. The van der Waals surface area contributed by atoms with Crippen LogP contribution in [-0.2, 0) is 25.7 Å². The molecule has 0 heterocycles. The molecule has 2 nitrogen and oxygen atoms in total. The summed E-state index contributed by atoms with van der Waals surface area (Å²) in [7, 11) is 0. The Kier molecular flexibility index (Phi) is 12.4. The Morgan fingerprint density at radius 2 is 0.554 bits per heavy atom. The van der Waals surface area contributed by atoms with Crippen LogP contribution >= 0.6 is 0 Å². The molecular formula is C54H52N2. The molecule has 7 aromatic carbocycles. The number of nitrogens with zero attached hydrogens (tertiary/aromatic N) is 2. The van der Waals surface area contributed by atoms with Crippen LogP contribution in [0.1, 0.15) is 72.2 Å². The summed E-state index contributed by atoms with van der Waals surface area (Å²) >= 11 is 0. The minimum absolute atomic E-state index is 1.03. The molecule has 0 saturated heterocycles. The summed E-state index contributed by atoms with van der Waals surface area (Å²) in [4.78, 5) is 4.69. The van der Waals surface area contributed by atoms with E-state index in [0.717, 1.165) is 48.4 Å². The van der Waals surface area contributed by atoms with E-state index in [1.807, 2.05) is 0 Å². The summed E-state index contributed by atoms with van der Waals surface area (Å²) < 4.78 is 0. The van der Waals surface area contributed by atoms with Crippen LogP contribution in [0.15, 0.2) is 170 Å². The second kappa shape index (κ2) is 18.3. The van der Waals surface area contributed by atoms with E-state index in [-0.39, 0.29) is 0 Å². The standard InChI is InChI=1S/C54H52N2/c1-5-45-31-37-53(39-47(45)7-3)55(49-15-11-9-12-16-49)51-33-27-43(28-34-51)25-23-41-19-21-42(22-20-41)24-26-44-29-35-52(36-30-44)56(50-17-13-10-14-18-50)54-38-32-46(6-2)48(8-4)40-54/h9-40H,5-8H2,1-4H3. The zero-order chi connectivity index (χ0) is 38.7. The van der Waals surface area contributed by atoms with Gasteiger partial charge in [-0.25, -0.2) is 0 Å². The largest absolute Gasteiger partial charge is 0.310 e. The molecule has 0 saturated carbocycles. The number of aryl methyl sites for hydroxylation is 4. The SMILES string of the molecule is CCc1ccc(N(c2ccccc2)c2ccc(C=Cc3ccc(C=Cc4ccc(N(c5ccccc5)c5ccc(CC)c(CC)c5)cc4)cc3)cc2)cc1CC. The summed E-state index contributed by atoms with van der Waals surface area (Å²) in [6, 6.07) is 61.5. The van der Waals surface area contributed by atoms with Crippen LogP contribution < -0.4 is 9.80 Å². The van der Waals surface area contributed by atoms with Gasteiger partial charge in [-0.2, -0.15) is 0 Å². The third-order valence-corrected chi connectivity index (χ3v) is 10.6. The van der Waals surface area contributed by atoms with Gasteiger partial charge in [-0.1, -0.05) is 149 Å². The van der Waals surface area contributed by atoms with Gasteiger partial charge in [0.15, 0.2) is 0 Å². The average molecular weight is 729 g/mol. The predicted octanol–water partition coefficient (Wildman–Crippen LogP) is 15.2. The number of anilines is 6. The zero-order valence-corrected chi connectivity index (χ0v) is 33.2. The predicted molar refractivity (Wildman–Crippen MR) is 244 cm³/mol. The molecule has 278 valence electrons. The molecule has 0 unspecified atom stereocenters. The molecule has 0 radical (unpaired) electrons. The first-order chi connectivity index (χ1) is 27.6. The summed E-state index contributed by atoms with van der Waals surface area (Å²) in [5.74, 6) is 0. The van der Waals surface area contributed by atoms with E-state index >= 15 is 0 Å². The summed E-state index contributed by atoms with van der Waals surface area (Å²) in [5.41, 5.74) is 17.3. The van der Waals surface area contributed by atoms with Crippen molar-refractivity contribution in [2.24, 2.45) is 0 Å². The van der Waals surface area contributed by atoms with E-state index < -0.39 is 0 Å². The highest BCUT2D eigenvalue weighted by molar-refractivity contribution is 5.80. The van der Waals surface area contributed by atoms with Crippen LogP contribution in [0.5, 0.6) is 0 Å². The van der Waals surface area contributed by atoms with Crippen molar-refractivity contribution in [1.82, 2.24) is 0 Å². The van der Waals surface area contributed by atoms with Gasteiger partial charge < -0.3 is 9.80 Å². The first-order valence-electron chi connectivity index (χ1n) is 20.2. The fraction of sp³-hybridized carbons (Fsp3) is 0.148. The quantitative estimate of drug-likeness (QED) is 0.103. The van der Waals surface area contributed by atoms with E-state index in [4.69, 9.17) is 0 Å². The van der Waals surface area contributed by atoms with Gasteiger partial charge in [0, 0.05) is 34.1 Å². The lowest BCUT2D eigenvalue weighted by Gasteiger charge is -2.26. The van der Waals surface area contributed by atoms with Gasteiger partial charge in [-0.15, -0.1) is 0 Å². The maximum absolute atomic E-state index is 2.35. The molecule has 0 amide bonds.